The summed E-state index contributed by atoms with van der Waals surface area (Å²) in [4.78, 5) is 13.6. The Labute approximate surface area is 131 Å². The van der Waals surface area contributed by atoms with Crippen molar-refractivity contribution in [2.24, 2.45) is 16.8 Å². The molecule has 0 bridgehead atoms. The van der Waals surface area contributed by atoms with Gasteiger partial charge in [-0.3, -0.25) is 9.48 Å². The lowest BCUT2D eigenvalue weighted by Crippen LogP contribution is -2.35. The van der Waals surface area contributed by atoms with Gasteiger partial charge in [-0.05, 0) is 12.3 Å². The van der Waals surface area contributed by atoms with Crippen molar-refractivity contribution in [1.82, 2.24) is 14.7 Å². The van der Waals surface area contributed by atoms with E-state index < -0.39 is 10.0 Å². The van der Waals surface area contributed by atoms with Gasteiger partial charge in [-0.25, -0.2) is 13.6 Å². The van der Waals surface area contributed by atoms with Crippen LogP contribution in [-0.4, -0.2) is 48.6 Å². The van der Waals surface area contributed by atoms with E-state index in [9.17, 15) is 13.2 Å². The second-order valence-corrected chi connectivity index (χ2v) is 7.31. The minimum atomic E-state index is -3.76. The molecule has 1 aromatic heterocycles. The van der Waals surface area contributed by atoms with Crippen LogP contribution in [-0.2, 0) is 21.4 Å². The lowest BCUT2D eigenvalue weighted by atomic mass is 10.0. The number of aryl methyl sites for hydroxylation is 1. The van der Waals surface area contributed by atoms with Gasteiger partial charge >= 0.3 is 0 Å². The topological polar surface area (TPSA) is 124 Å². The van der Waals surface area contributed by atoms with Crippen molar-refractivity contribution >= 4 is 15.9 Å². The molecular formula is C13H25N5O3S. The molecule has 1 aromatic rings. The summed E-state index contributed by atoms with van der Waals surface area (Å²) in [5, 5.41) is 8.88. The van der Waals surface area contributed by atoms with E-state index in [1.54, 1.807) is 11.9 Å². The van der Waals surface area contributed by atoms with Gasteiger partial charge in [0.05, 0.1) is 6.20 Å². The van der Waals surface area contributed by atoms with Crippen LogP contribution in [0.1, 0.15) is 26.7 Å². The molecule has 1 heterocycles. The monoisotopic (exact) mass is 331 g/mol. The fourth-order valence-electron chi connectivity index (χ4n) is 1.82. The third-order valence-corrected chi connectivity index (χ3v) is 4.44. The number of hydrogen-bond acceptors (Lipinski definition) is 5. The van der Waals surface area contributed by atoms with Gasteiger partial charge in [-0.2, -0.15) is 5.10 Å². The molecule has 1 amide bonds. The number of amides is 1. The number of primary sulfonamides is 1. The summed E-state index contributed by atoms with van der Waals surface area (Å²) in [5.41, 5.74) is 5.95. The fraction of sp³-hybridized carbons (Fsp3) is 0.692. The highest BCUT2D eigenvalue weighted by Crippen LogP contribution is 2.06. The lowest BCUT2D eigenvalue weighted by Gasteiger charge is -2.21. The molecule has 0 spiro atoms. The number of nitrogens with two attached hydrogens (primary N) is 2. The summed E-state index contributed by atoms with van der Waals surface area (Å²) in [6.07, 6.45) is 3.47. The Balaban J connectivity index is 2.44. The van der Waals surface area contributed by atoms with Crippen molar-refractivity contribution < 1.29 is 13.2 Å². The summed E-state index contributed by atoms with van der Waals surface area (Å²) >= 11 is 0. The van der Waals surface area contributed by atoms with Gasteiger partial charge in [-0.1, -0.05) is 13.8 Å². The van der Waals surface area contributed by atoms with E-state index in [1.165, 1.54) is 17.1 Å². The maximum Gasteiger partial charge on any atom is 0.241 e. The van der Waals surface area contributed by atoms with Crippen molar-refractivity contribution in [2.45, 2.75) is 44.2 Å². The van der Waals surface area contributed by atoms with Crippen molar-refractivity contribution in [1.29, 1.82) is 0 Å². The van der Waals surface area contributed by atoms with Crippen LogP contribution in [0.25, 0.3) is 0 Å². The predicted octanol–water partition coefficient (Wildman–Crippen LogP) is -0.248. The predicted molar refractivity (Wildman–Crippen MR) is 83.3 cm³/mol. The summed E-state index contributed by atoms with van der Waals surface area (Å²) in [5.74, 6) is 0.341. The minimum absolute atomic E-state index is 0.0383. The quantitative estimate of drug-likeness (QED) is 0.680. The molecule has 126 valence electrons. The molecule has 1 unspecified atom stereocenters. The first-order valence-electron chi connectivity index (χ1n) is 7.16. The molecule has 1 atom stereocenters. The maximum absolute atomic E-state index is 12.0. The molecule has 0 saturated heterocycles. The zero-order valence-corrected chi connectivity index (χ0v) is 14.1. The van der Waals surface area contributed by atoms with Crippen LogP contribution in [0.5, 0.6) is 0 Å². The van der Waals surface area contributed by atoms with Gasteiger partial charge in [0.25, 0.3) is 0 Å². The Bertz CT molecular complexity index is 597. The molecule has 0 aliphatic heterocycles. The molecule has 0 radical (unpaired) electrons. The smallest absolute Gasteiger partial charge is 0.241 e. The van der Waals surface area contributed by atoms with Crippen LogP contribution in [0, 0.1) is 5.92 Å². The van der Waals surface area contributed by atoms with E-state index in [4.69, 9.17) is 10.9 Å². The van der Waals surface area contributed by atoms with E-state index in [2.05, 4.69) is 5.10 Å². The van der Waals surface area contributed by atoms with Crippen molar-refractivity contribution in [2.75, 3.05) is 13.6 Å². The Morgan fingerprint density at radius 2 is 2.09 bits per heavy atom. The van der Waals surface area contributed by atoms with E-state index in [1.807, 2.05) is 13.8 Å². The Morgan fingerprint density at radius 1 is 1.45 bits per heavy atom. The first kappa shape index (κ1) is 18.6. The standard InChI is InChI=1S/C13H25N5O3S/c1-10(2)12(14)4-6-17(3)13(19)5-7-18-9-11(8-16-18)22(15,20)21/h8-10,12H,4-7,14H2,1-3H3,(H2,15,20,21). The van der Waals surface area contributed by atoms with Gasteiger partial charge in [0.2, 0.25) is 15.9 Å². The second-order valence-electron chi connectivity index (χ2n) is 5.75. The summed E-state index contributed by atoms with van der Waals surface area (Å²) in [6, 6.07) is 0.0682. The van der Waals surface area contributed by atoms with Crippen LogP contribution < -0.4 is 10.9 Å². The molecule has 0 aliphatic rings. The highest BCUT2D eigenvalue weighted by Gasteiger charge is 2.14. The highest BCUT2D eigenvalue weighted by atomic mass is 32.2. The van der Waals surface area contributed by atoms with Crippen LogP contribution in [0.3, 0.4) is 0 Å². The number of carbonyl (C=O) groups is 1. The van der Waals surface area contributed by atoms with Crippen molar-refractivity contribution in [3.05, 3.63) is 12.4 Å². The first-order chi connectivity index (χ1) is 10.1. The Hall–Kier alpha value is -1.45. The van der Waals surface area contributed by atoms with Crippen LogP contribution in [0.2, 0.25) is 0 Å². The molecule has 0 fully saturated rings. The average Bonchev–Trinajstić information content (AvgIpc) is 2.90. The summed E-state index contributed by atoms with van der Waals surface area (Å²) in [6.45, 7) is 5.00. The first-order valence-corrected chi connectivity index (χ1v) is 8.70. The van der Waals surface area contributed by atoms with Crippen molar-refractivity contribution in [3.8, 4) is 0 Å². The molecule has 0 saturated carbocycles. The molecule has 9 heteroatoms. The highest BCUT2D eigenvalue weighted by molar-refractivity contribution is 7.89. The van der Waals surface area contributed by atoms with Gasteiger partial charge in [-0.15, -0.1) is 0 Å². The van der Waals surface area contributed by atoms with Gasteiger partial charge < -0.3 is 10.6 Å². The Morgan fingerprint density at radius 3 is 2.59 bits per heavy atom. The number of carbonyl (C=O) groups excluding carboxylic acids is 1. The zero-order valence-electron chi connectivity index (χ0n) is 13.3. The number of rotatable bonds is 8. The molecule has 4 N–H and O–H groups in total. The van der Waals surface area contributed by atoms with E-state index in [0.29, 0.717) is 19.0 Å². The number of nitrogens with zero attached hydrogens (tertiary/aromatic N) is 3. The third-order valence-electron chi connectivity index (χ3n) is 3.57. The zero-order chi connectivity index (χ0) is 16.9. The summed E-state index contributed by atoms with van der Waals surface area (Å²) in [7, 11) is -2.03. The van der Waals surface area contributed by atoms with Crippen molar-refractivity contribution in [3.63, 3.8) is 0 Å². The van der Waals surface area contributed by atoms with Crippen LogP contribution in [0.4, 0.5) is 0 Å². The molecule has 0 aliphatic carbocycles. The normalized spacial score (nSPS) is 13.4. The molecule has 8 nitrogen and oxygen atoms in total. The molecule has 1 rings (SSSR count). The SMILES string of the molecule is CC(C)C(N)CCN(C)C(=O)CCn1cc(S(N)(=O)=O)cn1. The van der Waals surface area contributed by atoms with E-state index in [0.717, 1.165) is 6.42 Å². The minimum Gasteiger partial charge on any atom is -0.346 e. The third kappa shape index (κ3) is 5.74. The number of hydrogen-bond donors (Lipinski definition) is 2. The number of aromatic nitrogens is 2. The molecule has 0 aromatic carbocycles. The summed E-state index contributed by atoms with van der Waals surface area (Å²) < 4.78 is 23.7. The number of sulfonamides is 1. The average molecular weight is 331 g/mol. The van der Waals surface area contributed by atoms with E-state index in [-0.39, 0.29) is 23.3 Å². The van der Waals surface area contributed by atoms with Gasteiger partial charge in [0, 0.05) is 38.8 Å². The molecule has 22 heavy (non-hydrogen) atoms. The Kier molecular flexibility index (Phi) is 6.51. The van der Waals surface area contributed by atoms with Gasteiger partial charge in [0.15, 0.2) is 0 Å². The lowest BCUT2D eigenvalue weighted by molar-refractivity contribution is -0.130. The maximum atomic E-state index is 12.0. The van der Waals surface area contributed by atoms with Crippen LogP contribution in [0.15, 0.2) is 17.3 Å². The van der Waals surface area contributed by atoms with Crippen LogP contribution >= 0.6 is 0 Å². The van der Waals surface area contributed by atoms with E-state index >= 15 is 0 Å². The second kappa shape index (κ2) is 7.70. The fourth-order valence-corrected chi connectivity index (χ4v) is 2.28. The van der Waals surface area contributed by atoms with Gasteiger partial charge in [0.1, 0.15) is 4.90 Å². The largest absolute Gasteiger partial charge is 0.346 e. The molecular weight excluding hydrogens is 306 g/mol.